The second kappa shape index (κ2) is 8.43. The van der Waals surface area contributed by atoms with Crippen molar-refractivity contribution in [2.24, 2.45) is 0 Å². The largest absolute Gasteiger partial charge is 0.348 e. The Balaban J connectivity index is 1.47. The first-order valence-electron chi connectivity index (χ1n) is 10.4. The van der Waals surface area contributed by atoms with Gasteiger partial charge >= 0.3 is 0 Å². The summed E-state index contributed by atoms with van der Waals surface area (Å²) in [6.07, 6.45) is 3.30. The number of hydrogen-bond acceptors (Lipinski definition) is 7. The molecule has 0 fully saturated rings. The van der Waals surface area contributed by atoms with E-state index in [9.17, 15) is 0 Å². The van der Waals surface area contributed by atoms with Crippen molar-refractivity contribution in [3.63, 3.8) is 0 Å². The van der Waals surface area contributed by atoms with Gasteiger partial charge in [0, 0.05) is 23.4 Å². The molecule has 0 radical (unpaired) electrons. The Hall–Kier alpha value is -4.33. The number of fused-ring (bicyclic) bond motifs is 1. The molecule has 5 aromatic rings. The van der Waals surface area contributed by atoms with E-state index in [2.05, 4.69) is 44.8 Å². The summed E-state index contributed by atoms with van der Waals surface area (Å²) in [7, 11) is 0. The van der Waals surface area contributed by atoms with Gasteiger partial charge in [0.05, 0.1) is 11.7 Å². The normalized spacial score (nSPS) is 11.9. The van der Waals surface area contributed by atoms with Crippen LogP contribution in [0.1, 0.15) is 24.1 Å². The molecule has 3 aromatic heterocycles. The Bertz CT molecular complexity index is 1350. The smallest absolute Gasteiger partial charge is 0.232 e. The molecule has 3 heterocycles. The molecule has 2 N–H and O–H groups in total. The number of hydrogen-bond donors (Lipinski definition) is 2. The lowest BCUT2D eigenvalue weighted by Crippen LogP contribution is -2.12. The average molecular weight is 422 g/mol. The van der Waals surface area contributed by atoms with Crippen molar-refractivity contribution in [3.05, 3.63) is 90.4 Å². The van der Waals surface area contributed by atoms with E-state index in [0.717, 1.165) is 22.4 Å². The first kappa shape index (κ1) is 19.6. The van der Waals surface area contributed by atoms with Gasteiger partial charge in [-0.3, -0.25) is 0 Å². The highest BCUT2D eigenvalue weighted by Crippen LogP contribution is 2.24. The minimum atomic E-state index is 0.0633. The fourth-order valence-electron chi connectivity index (χ4n) is 3.43. The molecule has 1 atom stereocenters. The topological polar surface area (TPSA) is 92.9 Å². The molecule has 32 heavy (non-hydrogen) atoms. The van der Waals surface area contributed by atoms with Gasteiger partial charge in [0.25, 0.3) is 0 Å². The summed E-state index contributed by atoms with van der Waals surface area (Å²) in [4.78, 5) is 18.3. The average Bonchev–Trinajstić information content (AvgIpc) is 3.31. The maximum Gasteiger partial charge on any atom is 0.232 e. The summed E-state index contributed by atoms with van der Waals surface area (Å²) >= 11 is 0. The zero-order chi connectivity index (χ0) is 21.9. The Morgan fingerprint density at radius 2 is 1.66 bits per heavy atom. The third kappa shape index (κ3) is 3.98. The van der Waals surface area contributed by atoms with Crippen LogP contribution in [0.2, 0.25) is 0 Å². The molecule has 0 aliphatic rings. The lowest BCUT2D eigenvalue weighted by atomic mass is 10.1. The number of aryl methyl sites for hydroxylation is 1. The summed E-state index contributed by atoms with van der Waals surface area (Å²) in [6.45, 7) is 4.03. The van der Waals surface area contributed by atoms with Gasteiger partial charge in [0.15, 0.2) is 5.65 Å². The van der Waals surface area contributed by atoms with Crippen LogP contribution in [-0.2, 0) is 0 Å². The van der Waals surface area contributed by atoms with Crippen LogP contribution in [0.15, 0.2) is 79.3 Å². The highest BCUT2D eigenvalue weighted by Gasteiger charge is 2.13. The molecule has 0 saturated carbocycles. The fraction of sp³-hybridized carbons (Fsp3) is 0.125. The van der Waals surface area contributed by atoms with Crippen molar-refractivity contribution in [3.8, 4) is 11.3 Å². The second-order valence-electron chi connectivity index (χ2n) is 7.49. The Labute approximate surface area is 185 Å². The molecule has 0 spiro atoms. The lowest BCUT2D eigenvalue weighted by Gasteiger charge is -2.16. The summed E-state index contributed by atoms with van der Waals surface area (Å²) in [5.74, 6) is 1.71. The summed E-state index contributed by atoms with van der Waals surface area (Å²) in [5.41, 5.74) is 4.55. The van der Waals surface area contributed by atoms with Gasteiger partial charge < -0.3 is 10.6 Å². The van der Waals surface area contributed by atoms with Gasteiger partial charge in [0.1, 0.15) is 12.1 Å². The van der Waals surface area contributed by atoms with E-state index in [0.29, 0.717) is 23.4 Å². The Morgan fingerprint density at radius 3 is 2.44 bits per heavy atom. The number of nitrogens with one attached hydrogen (secondary N) is 2. The van der Waals surface area contributed by atoms with Crippen LogP contribution >= 0.6 is 0 Å². The van der Waals surface area contributed by atoms with Gasteiger partial charge in [0.2, 0.25) is 11.9 Å². The zero-order valence-corrected chi connectivity index (χ0v) is 17.8. The number of anilines is 3. The minimum absolute atomic E-state index is 0.0633. The van der Waals surface area contributed by atoms with Crippen LogP contribution in [-0.4, -0.2) is 29.5 Å². The molecule has 158 valence electrons. The van der Waals surface area contributed by atoms with Crippen molar-refractivity contribution in [2.75, 3.05) is 10.6 Å². The predicted octanol–water partition coefficient (Wildman–Crippen LogP) is 4.81. The molecule has 0 aliphatic carbocycles. The lowest BCUT2D eigenvalue weighted by molar-refractivity contribution is 0.859. The minimum Gasteiger partial charge on any atom is -0.348 e. The van der Waals surface area contributed by atoms with Crippen LogP contribution in [0.25, 0.3) is 16.9 Å². The van der Waals surface area contributed by atoms with Crippen LogP contribution in [0.3, 0.4) is 0 Å². The van der Waals surface area contributed by atoms with E-state index < -0.39 is 0 Å². The summed E-state index contributed by atoms with van der Waals surface area (Å²) in [6, 6.07) is 22.1. The van der Waals surface area contributed by atoms with Crippen molar-refractivity contribution in [2.45, 2.75) is 19.9 Å². The van der Waals surface area contributed by atoms with Crippen molar-refractivity contribution in [1.29, 1.82) is 0 Å². The molecule has 5 rings (SSSR count). The van der Waals surface area contributed by atoms with Gasteiger partial charge in [-0.2, -0.15) is 14.6 Å². The maximum atomic E-state index is 4.79. The van der Waals surface area contributed by atoms with Crippen LogP contribution in [0, 0.1) is 6.92 Å². The Morgan fingerprint density at radius 1 is 0.906 bits per heavy atom. The monoisotopic (exact) mass is 422 g/mol. The van der Waals surface area contributed by atoms with E-state index in [4.69, 9.17) is 9.97 Å². The van der Waals surface area contributed by atoms with E-state index >= 15 is 0 Å². The third-order valence-electron chi connectivity index (χ3n) is 5.18. The van der Waals surface area contributed by atoms with Crippen molar-refractivity contribution < 1.29 is 0 Å². The van der Waals surface area contributed by atoms with Crippen LogP contribution in [0.4, 0.5) is 17.7 Å². The molecule has 0 amide bonds. The molecule has 0 bridgehead atoms. The van der Waals surface area contributed by atoms with Crippen LogP contribution in [0.5, 0.6) is 0 Å². The quantitative estimate of drug-likeness (QED) is 0.406. The third-order valence-corrected chi connectivity index (χ3v) is 5.18. The molecule has 8 nitrogen and oxygen atoms in total. The molecule has 0 aliphatic heterocycles. The molecule has 2 aromatic carbocycles. The zero-order valence-electron chi connectivity index (χ0n) is 17.8. The predicted molar refractivity (Wildman–Crippen MR) is 125 cm³/mol. The van der Waals surface area contributed by atoms with Gasteiger partial charge in [-0.05, 0) is 19.4 Å². The first-order chi connectivity index (χ1) is 15.7. The summed E-state index contributed by atoms with van der Waals surface area (Å²) < 4.78 is 1.66. The number of nitrogens with zero attached hydrogens (tertiary/aromatic N) is 6. The first-order valence-corrected chi connectivity index (χ1v) is 10.4. The molecule has 8 heteroatoms. The van der Waals surface area contributed by atoms with Crippen molar-refractivity contribution in [1.82, 2.24) is 29.5 Å². The summed E-state index contributed by atoms with van der Waals surface area (Å²) in [5, 5.41) is 11.0. The van der Waals surface area contributed by atoms with Gasteiger partial charge in [-0.1, -0.05) is 60.7 Å². The fourth-order valence-corrected chi connectivity index (χ4v) is 3.43. The van der Waals surface area contributed by atoms with Crippen LogP contribution < -0.4 is 10.6 Å². The van der Waals surface area contributed by atoms with E-state index in [1.165, 1.54) is 6.33 Å². The molecular formula is C24H22N8. The molecule has 0 saturated heterocycles. The Kier molecular flexibility index (Phi) is 5.17. The standard InChI is InChI=1S/C24H22N8/c1-16-14-25-23(28-17(2)18-9-5-3-6-10-18)30-22(16)31-24-29-20(19-11-7-4-8-12-19)13-21-26-15-27-32(21)24/h3-15,17H,1-2H3,(H2,25,28,29,30,31)/t17-/m1/s1. The van der Waals surface area contributed by atoms with E-state index in [-0.39, 0.29) is 6.04 Å². The number of benzene rings is 2. The van der Waals surface area contributed by atoms with Crippen molar-refractivity contribution >= 4 is 23.4 Å². The SMILES string of the molecule is Cc1cnc(N[C@H](C)c2ccccc2)nc1Nc1nc(-c2ccccc2)cc2ncnn12. The molecule has 0 unspecified atom stereocenters. The highest BCUT2D eigenvalue weighted by molar-refractivity contribution is 5.67. The van der Waals surface area contributed by atoms with Gasteiger partial charge in [-0.15, -0.1) is 0 Å². The maximum absolute atomic E-state index is 4.79. The molecular weight excluding hydrogens is 400 g/mol. The number of rotatable bonds is 6. The second-order valence-corrected chi connectivity index (χ2v) is 7.49. The van der Waals surface area contributed by atoms with Gasteiger partial charge in [-0.25, -0.2) is 15.0 Å². The number of aromatic nitrogens is 6. The van der Waals surface area contributed by atoms with E-state index in [1.54, 1.807) is 10.7 Å². The highest BCUT2D eigenvalue weighted by atomic mass is 15.4. The van der Waals surface area contributed by atoms with E-state index in [1.807, 2.05) is 61.5 Å².